The molecular formula is C28H35F3O2. The standard InChI is InChI=1S/C28H35F3O2/c1-2-3-4-5-6-7-8-9-10-11-12-22-13-15-23(16-14-22)24-17-19-25(20-18-24)26(32)21-27(33)28(29,30)31/h13-20H,2-12,21H2,1H3. The van der Waals surface area contributed by atoms with Crippen molar-refractivity contribution in [3.8, 4) is 11.1 Å². The average molecular weight is 461 g/mol. The Labute approximate surface area is 195 Å². The number of hydrogen-bond acceptors (Lipinski definition) is 2. The highest BCUT2D eigenvalue weighted by Gasteiger charge is 2.39. The van der Waals surface area contributed by atoms with Crippen molar-refractivity contribution < 1.29 is 22.8 Å². The summed E-state index contributed by atoms with van der Waals surface area (Å²) in [5, 5.41) is 0. The molecule has 0 aromatic heterocycles. The lowest BCUT2D eigenvalue weighted by molar-refractivity contribution is -0.170. The van der Waals surface area contributed by atoms with Crippen LogP contribution in [-0.2, 0) is 11.2 Å². The van der Waals surface area contributed by atoms with E-state index in [4.69, 9.17) is 0 Å². The Morgan fingerprint density at radius 3 is 1.61 bits per heavy atom. The van der Waals surface area contributed by atoms with Crippen molar-refractivity contribution in [2.75, 3.05) is 0 Å². The number of carbonyl (C=O) groups is 2. The molecule has 0 atom stereocenters. The number of rotatable bonds is 15. The highest BCUT2D eigenvalue weighted by molar-refractivity contribution is 6.09. The van der Waals surface area contributed by atoms with E-state index >= 15 is 0 Å². The zero-order valence-corrected chi connectivity index (χ0v) is 19.6. The average Bonchev–Trinajstić information content (AvgIpc) is 2.80. The highest BCUT2D eigenvalue weighted by Crippen LogP contribution is 2.23. The maximum absolute atomic E-state index is 12.3. The maximum Gasteiger partial charge on any atom is 0.450 e. The van der Waals surface area contributed by atoms with Gasteiger partial charge in [0.25, 0.3) is 0 Å². The molecule has 0 unspecified atom stereocenters. The number of carbonyl (C=O) groups excluding carboxylic acids is 2. The topological polar surface area (TPSA) is 34.1 Å². The van der Waals surface area contributed by atoms with Crippen LogP contribution in [0.25, 0.3) is 11.1 Å². The lowest BCUT2D eigenvalue weighted by atomic mass is 9.98. The molecule has 33 heavy (non-hydrogen) atoms. The molecular weight excluding hydrogens is 425 g/mol. The van der Waals surface area contributed by atoms with Crippen LogP contribution >= 0.6 is 0 Å². The number of aryl methyl sites for hydroxylation is 1. The fraction of sp³-hybridized carbons (Fsp3) is 0.500. The minimum Gasteiger partial charge on any atom is -0.294 e. The third-order valence-electron chi connectivity index (χ3n) is 5.95. The lowest BCUT2D eigenvalue weighted by Crippen LogP contribution is -2.25. The van der Waals surface area contributed by atoms with Crippen molar-refractivity contribution >= 4 is 11.6 Å². The smallest absolute Gasteiger partial charge is 0.294 e. The molecule has 0 fully saturated rings. The van der Waals surface area contributed by atoms with Gasteiger partial charge in [0.2, 0.25) is 5.78 Å². The summed E-state index contributed by atoms with van der Waals surface area (Å²) >= 11 is 0. The first kappa shape index (κ1) is 26.8. The Hall–Kier alpha value is -2.43. The van der Waals surface area contributed by atoms with Gasteiger partial charge in [-0.05, 0) is 29.5 Å². The van der Waals surface area contributed by atoms with Crippen LogP contribution in [0.3, 0.4) is 0 Å². The number of halogens is 3. The Morgan fingerprint density at radius 1 is 0.667 bits per heavy atom. The number of unbranched alkanes of at least 4 members (excludes halogenated alkanes) is 9. The van der Waals surface area contributed by atoms with Crippen molar-refractivity contribution in [2.45, 2.75) is 90.1 Å². The summed E-state index contributed by atoms with van der Waals surface area (Å²) in [7, 11) is 0. The van der Waals surface area contributed by atoms with Crippen LogP contribution < -0.4 is 0 Å². The van der Waals surface area contributed by atoms with E-state index in [0.29, 0.717) is 0 Å². The number of benzene rings is 2. The van der Waals surface area contributed by atoms with Crippen molar-refractivity contribution in [2.24, 2.45) is 0 Å². The molecule has 0 heterocycles. The molecule has 0 N–H and O–H groups in total. The normalized spacial score (nSPS) is 11.5. The van der Waals surface area contributed by atoms with Crippen LogP contribution in [0.2, 0.25) is 0 Å². The third-order valence-corrected chi connectivity index (χ3v) is 5.95. The predicted octanol–water partition coefficient (Wildman–Crippen LogP) is 8.52. The van der Waals surface area contributed by atoms with Crippen LogP contribution in [-0.4, -0.2) is 17.7 Å². The quantitative estimate of drug-likeness (QED) is 0.152. The monoisotopic (exact) mass is 460 g/mol. The van der Waals surface area contributed by atoms with Gasteiger partial charge in [0.15, 0.2) is 5.78 Å². The van der Waals surface area contributed by atoms with Crippen LogP contribution in [0.1, 0.15) is 93.5 Å². The Bertz CT molecular complexity index is 852. The Balaban J connectivity index is 1.73. The number of ketones is 2. The second-order valence-electron chi connectivity index (χ2n) is 8.73. The van der Waals surface area contributed by atoms with E-state index in [1.165, 1.54) is 81.9 Å². The summed E-state index contributed by atoms with van der Waals surface area (Å²) in [6.07, 6.45) is 8.09. The molecule has 0 amide bonds. The van der Waals surface area contributed by atoms with Crippen molar-refractivity contribution in [1.82, 2.24) is 0 Å². The van der Waals surface area contributed by atoms with E-state index in [1.54, 1.807) is 12.1 Å². The first-order chi connectivity index (χ1) is 15.8. The summed E-state index contributed by atoms with van der Waals surface area (Å²) in [5.74, 6) is -2.84. The van der Waals surface area contributed by atoms with Gasteiger partial charge in [-0.25, -0.2) is 0 Å². The zero-order valence-electron chi connectivity index (χ0n) is 19.6. The summed E-state index contributed by atoms with van der Waals surface area (Å²) in [5.41, 5.74) is 3.25. The fourth-order valence-electron chi connectivity index (χ4n) is 3.88. The molecule has 2 nitrogen and oxygen atoms in total. The van der Waals surface area contributed by atoms with E-state index in [1.807, 2.05) is 12.1 Å². The van der Waals surface area contributed by atoms with Gasteiger partial charge < -0.3 is 0 Å². The van der Waals surface area contributed by atoms with Crippen molar-refractivity contribution in [3.63, 3.8) is 0 Å². The molecule has 0 aliphatic carbocycles. The molecule has 0 saturated carbocycles. The van der Waals surface area contributed by atoms with Gasteiger partial charge in [0.05, 0.1) is 6.42 Å². The van der Waals surface area contributed by atoms with Crippen LogP contribution in [0.4, 0.5) is 13.2 Å². The van der Waals surface area contributed by atoms with E-state index in [9.17, 15) is 22.8 Å². The highest BCUT2D eigenvalue weighted by atomic mass is 19.4. The van der Waals surface area contributed by atoms with Crippen molar-refractivity contribution in [3.05, 3.63) is 59.7 Å². The predicted molar refractivity (Wildman–Crippen MR) is 127 cm³/mol. The van der Waals surface area contributed by atoms with Gasteiger partial charge in [0.1, 0.15) is 0 Å². The van der Waals surface area contributed by atoms with Gasteiger partial charge >= 0.3 is 6.18 Å². The van der Waals surface area contributed by atoms with Gasteiger partial charge in [-0.1, -0.05) is 113 Å². The maximum atomic E-state index is 12.3. The second-order valence-corrected chi connectivity index (χ2v) is 8.73. The molecule has 0 bridgehead atoms. The second kappa shape index (κ2) is 14.0. The number of Topliss-reactive ketones (excluding diaryl/α,β-unsaturated/α-hetero) is 2. The van der Waals surface area contributed by atoms with Gasteiger partial charge in [-0.15, -0.1) is 0 Å². The van der Waals surface area contributed by atoms with E-state index in [-0.39, 0.29) is 5.56 Å². The molecule has 0 spiro atoms. The Kier molecular flexibility index (Phi) is 11.4. The first-order valence-corrected chi connectivity index (χ1v) is 12.1. The molecule has 2 aromatic carbocycles. The summed E-state index contributed by atoms with van der Waals surface area (Å²) in [4.78, 5) is 22.9. The first-order valence-electron chi connectivity index (χ1n) is 12.1. The van der Waals surface area contributed by atoms with Crippen LogP contribution in [0, 0.1) is 0 Å². The molecule has 2 rings (SSSR count). The molecule has 2 aromatic rings. The largest absolute Gasteiger partial charge is 0.450 e. The van der Waals surface area contributed by atoms with E-state index < -0.39 is 24.2 Å². The SMILES string of the molecule is CCCCCCCCCCCCc1ccc(-c2ccc(C(=O)CC(=O)C(F)(F)F)cc2)cc1. The molecule has 0 saturated heterocycles. The molecule has 0 aliphatic rings. The summed E-state index contributed by atoms with van der Waals surface area (Å²) < 4.78 is 37.0. The third kappa shape index (κ3) is 9.93. The van der Waals surface area contributed by atoms with Crippen LogP contribution in [0.15, 0.2) is 48.5 Å². The minimum absolute atomic E-state index is 0.105. The lowest BCUT2D eigenvalue weighted by Gasteiger charge is -2.07. The van der Waals surface area contributed by atoms with Gasteiger partial charge in [-0.3, -0.25) is 9.59 Å². The Morgan fingerprint density at radius 2 is 1.12 bits per heavy atom. The summed E-state index contributed by atoms with van der Waals surface area (Å²) in [6.45, 7) is 2.24. The molecule has 0 aliphatic heterocycles. The summed E-state index contributed by atoms with van der Waals surface area (Å²) in [6, 6.07) is 14.6. The van der Waals surface area contributed by atoms with Gasteiger partial charge in [-0.2, -0.15) is 13.2 Å². The molecule has 5 heteroatoms. The molecule has 180 valence electrons. The van der Waals surface area contributed by atoms with Crippen LogP contribution in [0.5, 0.6) is 0 Å². The zero-order chi connectivity index (χ0) is 24.1. The minimum atomic E-state index is -4.98. The van der Waals surface area contributed by atoms with E-state index in [2.05, 4.69) is 19.1 Å². The molecule has 0 radical (unpaired) electrons. The van der Waals surface area contributed by atoms with E-state index in [0.717, 1.165) is 17.5 Å². The van der Waals surface area contributed by atoms with Gasteiger partial charge in [0, 0.05) is 5.56 Å². The number of hydrogen-bond donors (Lipinski definition) is 0. The van der Waals surface area contributed by atoms with Crippen molar-refractivity contribution in [1.29, 1.82) is 0 Å². The fourth-order valence-corrected chi connectivity index (χ4v) is 3.88. The number of alkyl halides is 3.